The van der Waals surface area contributed by atoms with E-state index in [4.69, 9.17) is 5.11 Å². The predicted molar refractivity (Wildman–Crippen MR) is 48.1 cm³/mol. The highest BCUT2D eigenvalue weighted by atomic mass is 32.2. The predicted octanol–water partition coefficient (Wildman–Crippen LogP) is -0.275. The fourth-order valence-electron chi connectivity index (χ4n) is 0.839. The molecule has 0 radical (unpaired) electrons. The lowest BCUT2D eigenvalue weighted by Crippen LogP contribution is -2.32. The summed E-state index contributed by atoms with van der Waals surface area (Å²) in [5.41, 5.74) is 0. The van der Waals surface area contributed by atoms with Gasteiger partial charge in [0.15, 0.2) is 0 Å². The largest absolute Gasteiger partial charge is 0.396 e. The van der Waals surface area contributed by atoms with Crippen LogP contribution in [0.25, 0.3) is 0 Å². The molecular formula is C7H17NO2S. The van der Waals surface area contributed by atoms with Gasteiger partial charge in [0.05, 0.1) is 0 Å². The molecule has 0 saturated carbocycles. The molecular weight excluding hydrogens is 162 g/mol. The highest BCUT2D eigenvalue weighted by molar-refractivity contribution is 7.84. The second-order valence-electron chi connectivity index (χ2n) is 2.67. The van der Waals surface area contributed by atoms with Crippen LogP contribution in [0.4, 0.5) is 0 Å². The molecule has 2 unspecified atom stereocenters. The Morgan fingerprint density at radius 2 is 2.27 bits per heavy atom. The van der Waals surface area contributed by atoms with E-state index >= 15 is 0 Å². The quantitative estimate of drug-likeness (QED) is 0.552. The van der Waals surface area contributed by atoms with Gasteiger partial charge in [-0.25, -0.2) is 0 Å². The van der Waals surface area contributed by atoms with Gasteiger partial charge in [-0.1, -0.05) is 0 Å². The van der Waals surface area contributed by atoms with Crippen molar-refractivity contribution in [2.45, 2.75) is 19.4 Å². The Morgan fingerprint density at radius 3 is 2.73 bits per heavy atom. The molecule has 0 aliphatic rings. The van der Waals surface area contributed by atoms with E-state index in [-0.39, 0.29) is 12.6 Å². The fraction of sp³-hybridized carbons (Fsp3) is 1.00. The Bertz CT molecular complexity index is 119. The lowest BCUT2D eigenvalue weighted by Gasteiger charge is -2.10. The summed E-state index contributed by atoms with van der Waals surface area (Å²) in [6.45, 7) is 3.02. The first-order valence-corrected chi connectivity index (χ1v) is 5.53. The van der Waals surface area contributed by atoms with E-state index in [1.54, 1.807) is 6.26 Å². The van der Waals surface area contributed by atoms with Gasteiger partial charge >= 0.3 is 0 Å². The van der Waals surface area contributed by atoms with Crippen LogP contribution in [0.5, 0.6) is 0 Å². The van der Waals surface area contributed by atoms with Crippen molar-refractivity contribution < 1.29 is 9.32 Å². The van der Waals surface area contributed by atoms with E-state index < -0.39 is 10.8 Å². The number of hydrogen-bond donors (Lipinski definition) is 2. The lowest BCUT2D eigenvalue weighted by molar-refractivity contribution is 0.284. The summed E-state index contributed by atoms with van der Waals surface area (Å²) in [6.07, 6.45) is 2.46. The van der Waals surface area contributed by atoms with Crippen LogP contribution in [0.15, 0.2) is 0 Å². The molecule has 3 nitrogen and oxygen atoms in total. The molecule has 0 saturated heterocycles. The molecule has 4 heteroatoms. The topological polar surface area (TPSA) is 49.3 Å². The monoisotopic (exact) mass is 179 g/mol. The first-order valence-electron chi connectivity index (χ1n) is 3.81. The van der Waals surface area contributed by atoms with Crippen molar-refractivity contribution in [2.75, 3.05) is 25.2 Å². The van der Waals surface area contributed by atoms with Crippen molar-refractivity contribution in [1.29, 1.82) is 0 Å². The maximum absolute atomic E-state index is 10.7. The molecule has 0 aliphatic heterocycles. The third kappa shape index (κ3) is 7.97. The Kier molecular flexibility index (Phi) is 6.80. The Labute approximate surface area is 70.6 Å². The van der Waals surface area contributed by atoms with Crippen molar-refractivity contribution in [2.24, 2.45) is 0 Å². The van der Waals surface area contributed by atoms with Crippen LogP contribution in [0.3, 0.4) is 0 Å². The van der Waals surface area contributed by atoms with Crippen LogP contribution in [0, 0.1) is 0 Å². The van der Waals surface area contributed by atoms with E-state index in [9.17, 15) is 4.21 Å². The zero-order valence-electron chi connectivity index (χ0n) is 7.17. The molecule has 0 spiro atoms. The van der Waals surface area contributed by atoms with Gasteiger partial charge in [-0.2, -0.15) is 0 Å². The molecule has 2 atom stereocenters. The first kappa shape index (κ1) is 11.1. The lowest BCUT2D eigenvalue weighted by atomic mass is 10.3. The standard InChI is InChI=1S/C7H17NO2S/c1-7(6-11(2)10)8-4-3-5-9/h7-9H,3-6H2,1-2H3. The van der Waals surface area contributed by atoms with Crippen LogP contribution in [-0.4, -0.2) is 40.5 Å². The summed E-state index contributed by atoms with van der Waals surface area (Å²) < 4.78 is 10.7. The van der Waals surface area contributed by atoms with Crippen LogP contribution in [-0.2, 0) is 10.8 Å². The Balaban J connectivity index is 3.22. The summed E-state index contributed by atoms with van der Waals surface area (Å²) in [5, 5.41) is 11.6. The normalized spacial score (nSPS) is 16.3. The summed E-state index contributed by atoms with van der Waals surface area (Å²) >= 11 is 0. The van der Waals surface area contributed by atoms with Gasteiger partial charge in [0, 0.05) is 35.5 Å². The zero-order chi connectivity index (χ0) is 8.69. The minimum absolute atomic E-state index is 0.217. The van der Waals surface area contributed by atoms with Crippen molar-refractivity contribution in [3.8, 4) is 0 Å². The maximum atomic E-state index is 10.7. The maximum Gasteiger partial charge on any atom is 0.0443 e. The molecule has 0 heterocycles. The minimum atomic E-state index is -0.726. The van der Waals surface area contributed by atoms with Gasteiger partial charge in [0.2, 0.25) is 0 Å². The molecule has 0 aromatic heterocycles. The number of hydrogen-bond acceptors (Lipinski definition) is 3. The number of aliphatic hydroxyl groups excluding tert-OH is 1. The average molecular weight is 179 g/mol. The number of aliphatic hydroxyl groups is 1. The van der Waals surface area contributed by atoms with E-state index in [1.165, 1.54) is 0 Å². The fourth-order valence-corrected chi connectivity index (χ4v) is 1.66. The summed E-state index contributed by atoms with van der Waals surface area (Å²) in [4.78, 5) is 0. The summed E-state index contributed by atoms with van der Waals surface area (Å²) in [6, 6.07) is 0.285. The van der Waals surface area contributed by atoms with Crippen molar-refractivity contribution >= 4 is 10.8 Å². The van der Waals surface area contributed by atoms with Crippen molar-refractivity contribution in [3.63, 3.8) is 0 Å². The average Bonchev–Trinajstić information content (AvgIpc) is 1.86. The molecule has 0 aliphatic carbocycles. The van der Waals surface area contributed by atoms with Crippen LogP contribution >= 0.6 is 0 Å². The van der Waals surface area contributed by atoms with Gasteiger partial charge in [-0.05, 0) is 19.9 Å². The second-order valence-corrected chi connectivity index (χ2v) is 4.15. The highest BCUT2D eigenvalue weighted by Crippen LogP contribution is 1.85. The third-order valence-electron chi connectivity index (χ3n) is 1.31. The smallest absolute Gasteiger partial charge is 0.0443 e. The molecule has 0 aromatic carbocycles. The second kappa shape index (κ2) is 6.76. The van der Waals surface area contributed by atoms with E-state index in [1.807, 2.05) is 6.92 Å². The Hall–Kier alpha value is 0.0700. The van der Waals surface area contributed by atoms with Gasteiger partial charge in [0.1, 0.15) is 0 Å². The summed E-state index contributed by atoms with van der Waals surface area (Å²) in [5.74, 6) is 0.686. The van der Waals surface area contributed by atoms with Crippen LogP contribution < -0.4 is 5.32 Å². The van der Waals surface area contributed by atoms with Crippen LogP contribution in [0.1, 0.15) is 13.3 Å². The molecule has 11 heavy (non-hydrogen) atoms. The SMILES string of the molecule is CC(CS(C)=O)NCCCO. The minimum Gasteiger partial charge on any atom is -0.396 e. The molecule has 0 aromatic rings. The highest BCUT2D eigenvalue weighted by Gasteiger charge is 2.01. The molecule has 2 N–H and O–H groups in total. The van der Waals surface area contributed by atoms with Gasteiger partial charge < -0.3 is 10.4 Å². The van der Waals surface area contributed by atoms with Gasteiger partial charge in [-0.3, -0.25) is 4.21 Å². The molecule has 0 fully saturated rings. The van der Waals surface area contributed by atoms with Gasteiger partial charge in [-0.15, -0.1) is 0 Å². The third-order valence-corrected chi connectivity index (χ3v) is 2.28. The molecule has 68 valence electrons. The van der Waals surface area contributed by atoms with Crippen molar-refractivity contribution in [1.82, 2.24) is 5.32 Å². The molecule has 0 amide bonds. The number of rotatable bonds is 6. The number of nitrogens with one attached hydrogen (secondary N) is 1. The Morgan fingerprint density at radius 1 is 1.64 bits per heavy atom. The molecule has 0 rings (SSSR count). The van der Waals surface area contributed by atoms with E-state index in [2.05, 4.69) is 5.32 Å². The summed E-state index contributed by atoms with van der Waals surface area (Å²) in [7, 11) is -0.726. The first-order chi connectivity index (χ1) is 5.16. The van der Waals surface area contributed by atoms with Crippen molar-refractivity contribution in [3.05, 3.63) is 0 Å². The van der Waals surface area contributed by atoms with Crippen LogP contribution in [0.2, 0.25) is 0 Å². The zero-order valence-corrected chi connectivity index (χ0v) is 7.99. The van der Waals surface area contributed by atoms with E-state index in [0.717, 1.165) is 13.0 Å². The van der Waals surface area contributed by atoms with E-state index in [0.29, 0.717) is 5.75 Å². The van der Waals surface area contributed by atoms with Gasteiger partial charge in [0.25, 0.3) is 0 Å². The molecule has 0 bridgehead atoms.